The highest BCUT2D eigenvalue weighted by Crippen LogP contribution is 2.31. The number of nitrogens with one attached hydrogen (secondary N) is 2. The van der Waals surface area contributed by atoms with Crippen LogP contribution in [0.4, 0.5) is 5.69 Å². The Morgan fingerprint density at radius 2 is 1.50 bits per heavy atom. The molecule has 0 heterocycles. The van der Waals surface area contributed by atoms with E-state index in [0.29, 0.717) is 5.56 Å². The number of rotatable bonds is 4. The predicted octanol–water partition coefficient (Wildman–Crippen LogP) is 6.13. The summed E-state index contributed by atoms with van der Waals surface area (Å²) in [7, 11) is 0. The lowest BCUT2D eigenvalue weighted by molar-refractivity contribution is 0.0942. The van der Waals surface area contributed by atoms with Gasteiger partial charge < -0.3 is 10.6 Å². The third kappa shape index (κ3) is 6.19. The van der Waals surface area contributed by atoms with Crippen molar-refractivity contribution in [2.75, 3.05) is 5.32 Å². The zero-order chi connectivity index (χ0) is 19.5. The Balaban J connectivity index is 2.15. The lowest BCUT2D eigenvalue weighted by Crippen LogP contribution is -2.49. The Morgan fingerprint density at radius 3 is 1.96 bits per heavy atom. The summed E-state index contributed by atoms with van der Waals surface area (Å²) >= 11 is 20.4. The fourth-order valence-corrected chi connectivity index (χ4v) is 2.94. The van der Waals surface area contributed by atoms with Gasteiger partial charge in [-0.25, -0.2) is 0 Å². The molecule has 2 N–H and O–H groups in total. The Labute approximate surface area is 182 Å². The van der Waals surface area contributed by atoms with Crippen LogP contribution in [-0.4, -0.2) is 15.9 Å². The van der Waals surface area contributed by atoms with E-state index in [-0.39, 0.29) is 11.3 Å². The average molecular weight is 526 g/mol. The van der Waals surface area contributed by atoms with Crippen LogP contribution in [0.3, 0.4) is 0 Å². The normalized spacial score (nSPS) is 13.2. The van der Waals surface area contributed by atoms with Gasteiger partial charge in [-0.15, -0.1) is 0 Å². The number of carbonyl (C=O) groups is 1. The van der Waals surface area contributed by atoms with Crippen LogP contribution in [-0.2, 0) is 5.41 Å². The summed E-state index contributed by atoms with van der Waals surface area (Å²) in [5.74, 6) is -0.320. The molecular formula is C19H20Cl3IN2O. The van der Waals surface area contributed by atoms with E-state index in [1.165, 1.54) is 0 Å². The van der Waals surface area contributed by atoms with E-state index in [1.807, 2.05) is 36.4 Å². The van der Waals surface area contributed by atoms with Gasteiger partial charge in [0.2, 0.25) is 3.79 Å². The monoisotopic (exact) mass is 524 g/mol. The molecule has 0 spiro atoms. The fraction of sp³-hybridized carbons (Fsp3) is 0.316. The van der Waals surface area contributed by atoms with Gasteiger partial charge in [-0.2, -0.15) is 0 Å². The van der Waals surface area contributed by atoms with Gasteiger partial charge in [0.15, 0.2) is 0 Å². The van der Waals surface area contributed by atoms with Crippen molar-refractivity contribution < 1.29 is 4.79 Å². The zero-order valence-corrected chi connectivity index (χ0v) is 19.0. The van der Waals surface area contributed by atoms with Crippen LogP contribution in [0.2, 0.25) is 0 Å². The van der Waals surface area contributed by atoms with Gasteiger partial charge in [0, 0.05) is 14.8 Å². The molecule has 0 aliphatic heterocycles. The van der Waals surface area contributed by atoms with Gasteiger partial charge in [0.05, 0.1) is 0 Å². The second-order valence-corrected chi connectivity index (χ2v) is 10.5. The second kappa shape index (κ2) is 8.55. The van der Waals surface area contributed by atoms with Crippen molar-refractivity contribution in [2.45, 2.75) is 36.1 Å². The number of alkyl halides is 3. The topological polar surface area (TPSA) is 41.1 Å². The molecule has 2 aromatic rings. The Kier molecular flexibility index (Phi) is 7.10. The molecule has 140 valence electrons. The van der Waals surface area contributed by atoms with Crippen molar-refractivity contribution in [1.82, 2.24) is 5.32 Å². The SMILES string of the molecule is CC(C)(C)c1ccc(C(=O)NC(Nc2ccc(I)cc2)C(Cl)(Cl)Cl)cc1. The molecule has 0 bridgehead atoms. The molecule has 0 saturated carbocycles. The molecular weight excluding hydrogens is 505 g/mol. The first-order valence-corrected chi connectivity index (χ1v) is 10.2. The maximum absolute atomic E-state index is 12.6. The molecule has 2 aromatic carbocycles. The smallest absolute Gasteiger partial charge is 0.252 e. The first-order valence-electron chi connectivity index (χ1n) is 7.97. The Bertz CT molecular complexity index is 750. The number of hydrogen-bond donors (Lipinski definition) is 2. The lowest BCUT2D eigenvalue weighted by atomic mass is 9.87. The van der Waals surface area contributed by atoms with Crippen LogP contribution in [0.1, 0.15) is 36.7 Å². The van der Waals surface area contributed by atoms with Gasteiger partial charge in [-0.3, -0.25) is 4.79 Å². The summed E-state index contributed by atoms with van der Waals surface area (Å²) in [4.78, 5) is 12.6. The maximum Gasteiger partial charge on any atom is 0.252 e. The highest BCUT2D eigenvalue weighted by Gasteiger charge is 2.34. The first-order chi connectivity index (χ1) is 12.0. The van der Waals surface area contributed by atoms with E-state index < -0.39 is 9.96 Å². The fourth-order valence-electron chi connectivity index (χ4n) is 2.25. The number of carbonyl (C=O) groups excluding carboxylic acids is 1. The summed E-state index contributed by atoms with van der Waals surface area (Å²) in [6, 6.07) is 15.0. The van der Waals surface area contributed by atoms with Crippen LogP contribution >= 0.6 is 57.4 Å². The van der Waals surface area contributed by atoms with E-state index >= 15 is 0 Å². The molecule has 0 radical (unpaired) electrons. The second-order valence-electron chi connectivity index (χ2n) is 6.93. The van der Waals surface area contributed by atoms with Gasteiger partial charge >= 0.3 is 0 Å². The summed E-state index contributed by atoms with van der Waals surface area (Å²) in [5.41, 5.74) is 2.40. The third-order valence-electron chi connectivity index (χ3n) is 3.77. The molecule has 2 rings (SSSR count). The van der Waals surface area contributed by atoms with E-state index in [2.05, 4.69) is 54.0 Å². The van der Waals surface area contributed by atoms with Crippen LogP contribution in [0, 0.1) is 3.57 Å². The third-order valence-corrected chi connectivity index (χ3v) is 5.14. The minimum Gasteiger partial charge on any atom is -0.362 e. The van der Waals surface area contributed by atoms with Crippen molar-refractivity contribution in [2.24, 2.45) is 0 Å². The van der Waals surface area contributed by atoms with E-state index in [4.69, 9.17) is 34.8 Å². The Hall–Kier alpha value is -0.690. The molecule has 3 nitrogen and oxygen atoms in total. The molecule has 0 aromatic heterocycles. The maximum atomic E-state index is 12.6. The first kappa shape index (κ1) is 21.6. The van der Waals surface area contributed by atoms with Gasteiger partial charge in [0.25, 0.3) is 5.91 Å². The lowest BCUT2D eigenvalue weighted by Gasteiger charge is -2.27. The molecule has 0 saturated heterocycles. The van der Waals surface area contributed by atoms with Gasteiger partial charge in [0.1, 0.15) is 6.17 Å². The summed E-state index contributed by atoms with van der Waals surface area (Å²) < 4.78 is -0.633. The quantitative estimate of drug-likeness (QED) is 0.287. The predicted molar refractivity (Wildman–Crippen MR) is 119 cm³/mol. The van der Waals surface area contributed by atoms with Crippen molar-refractivity contribution in [1.29, 1.82) is 0 Å². The molecule has 26 heavy (non-hydrogen) atoms. The molecule has 7 heteroatoms. The number of hydrogen-bond acceptors (Lipinski definition) is 2. The summed E-state index contributed by atoms with van der Waals surface area (Å²) in [5, 5.41) is 5.80. The van der Waals surface area contributed by atoms with E-state index in [9.17, 15) is 4.79 Å². The summed E-state index contributed by atoms with van der Waals surface area (Å²) in [6.45, 7) is 6.35. The molecule has 1 unspecified atom stereocenters. The standard InChI is InChI=1S/C19H20Cl3IN2O/c1-18(2,3)13-6-4-12(5-7-13)16(26)25-17(19(20,21)22)24-15-10-8-14(23)9-11-15/h4-11,17,24H,1-3H3,(H,25,26). The average Bonchev–Trinajstić information content (AvgIpc) is 2.54. The molecule has 0 aliphatic rings. The van der Waals surface area contributed by atoms with E-state index in [1.54, 1.807) is 12.1 Å². The number of benzene rings is 2. The van der Waals surface area contributed by atoms with Crippen molar-refractivity contribution >= 4 is 69.0 Å². The number of halogens is 4. The van der Waals surface area contributed by atoms with E-state index in [0.717, 1.165) is 14.8 Å². The molecule has 0 fully saturated rings. The molecule has 1 amide bonds. The van der Waals surface area contributed by atoms with Crippen molar-refractivity contribution in [3.8, 4) is 0 Å². The highest BCUT2D eigenvalue weighted by molar-refractivity contribution is 14.1. The highest BCUT2D eigenvalue weighted by atomic mass is 127. The van der Waals surface area contributed by atoms with Crippen LogP contribution in [0.15, 0.2) is 48.5 Å². The number of amides is 1. The Morgan fingerprint density at radius 1 is 0.962 bits per heavy atom. The minimum atomic E-state index is -1.72. The van der Waals surface area contributed by atoms with Crippen LogP contribution in [0.5, 0.6) is 0 Å². The van der Waals surface area contributed by atoms with Crippen molar-refractivity contribution in [3.63, 3.8) is 0 Å². The molecule has 0 aliphatic carbocycles. The molecule has 1 atom stereocenters. The number of anilines is 1. The van der Waals surface area contributed by atoms with Crippen molar-refractivity contribution in [3.05, 3.63) is 63.2 Å². The largest absolute Gasteiger partial charge is 0.362 e. The zero-order valence-electron chi connectivity index (χ0n) is 14.6. The van der Waals surface area contributed by atoms with Crippen LogP contribution < -0.4 is 10.6 Å². The van der Waals surface area contributed by atoms with Gasteiger partial charge in [-0.05, 0) is 70.0 Å². The van der Waals surface area contributed by atoms with Crippen LogP contribution in [0.25, 0.3) is 0 Å². The summed E-state index contributed by atoms with van der Waals surface area (Å²) in [6.07, 6.45) is -0.887. The van der Waals surface area contributed by atoms with Gasteiger partial charge in [-0.1, -0.05) is 67.7 Å². The minimum absolute atomic E-state index is 0.0154.